The number of carbonyl (C=O) groups is 1. The third kappa shape index (κ3) is 22.8. The fourth-order valence-electron chi connectivity index (χ4n) is 0.329. The first kappa shape index (κ1) is 13.9. The molecule has 74 valence electrons. The molecule has 6 nitrogen and oxygen atoms in total. The van der Waals surface area contributed by atoms with E-state index in [9.17, 15) is 4.79 Å². The van der Waals surface area contributed by atoms with E-state index in [-0.39, 0.29) is 0 Å². The summed E-state index contributed by atoms with van der Waals surface area (Å²) in [6, 6.07) is 0. The van der Waals surface area contributed by atoms with E-state index in [0.29, 0.717) is 13.1 Å². The molecule has 0 unspecified atom stereocenters. The molecular weight excluding hydrogens is 162 g/mol. The maximum absolute atomic E-state index is 9.34. The second-order valence-electron chi connectivity index (χ2n) is 1.91. The summed E-state index contributed by atoms with van der Waals surface area (Å²) >= 11 is 0. The Hall–Kier alpha value is -0.690. The highest BCUT2D eigenvalue weighted by atomic mass is 17.1. The van der Waals surface area contributed by atoms with Crippen molar-refractivity contribution in [1.29, 1.82) is 0 Å². The van der Waals surface area contributed by atoms with Gasteiger partial charge in [-0.15, -0.1) is 0 Å². The van der Waals surface area contributed by atoms with Gasteiger partial charge in [-0.05, 0) is 0 Å². The average Bonchev–Trinajstić information content (AvgIpc) is 2.07. The van der Waals surface area contributed by atoms with Crippen LogP contribution in [-0.2, 0) is 9.68 Å². The zero-order chi connectivity index (χ0) is 9.82. The van der Waals surface area contributed by atoms with Crippen LogP contribution >= 0.6 is 0 Å². The van der Waals surface area contributed by atoms with Gasteiger partial charge in [0.2, 0.25) is 0 Å². The Morgan fingerprint density at radius 3 is 1.92 bits per heavy atom. The van der Waals surface area contributed by atoms with E-state index < -0.39 is 5.97 Å². The van der Waals surface area contributed by atoms with E-state index in [1.54, 1.807) is 0 Å². The molecule has 0 aromatic rings. The van der Waals surface area contributed by atoms with Gasteiger partial charge < -0.3 is 21.7 Å². The van der Waals surface area contributed by atoms with Gasteiger partial charge in [-0.2, -0.15) is 5.26 Å². The minimum Gasteiger partial charge on any atom is -0.329 e. The van der Waals surface area contributed by atoms with Crippen molar-refractivity contribution in [3.63, 3.8) is 0 Å². The smallest absolute Gasteiger partial charge is 0.329 e. The Morgan fingerprint density at radius 1 is 1.42 bits per heavy atom. The van der Waals surface area contributed by atoms with E-state index >= 15 is 0 Å². The van der Waals surface area contributed by atoms with Crippen molar-refractivity contribution in [1.82, 2.24) is 5.32 Å². The van der Waals surface area contributed by atoms with Gasteiger partial charge in [0.15, 0.2) is 0 Å². The van der Waals surface area contributed by atoms with Crippen molar-refractivity contribution < 1.29 is 14.9 Å². The fourth-order valence-corrected chi connectivity index (χ4v) is 0.329. The third-order valence-corrected chi connectivity index (χ3v) is 0.771. The van der Waals surface area contributed by atoms with E-state index in [0.717, 1.165) is 20.0 Å². The lowest BCUT2D eigenvalue weighted by Gasteiger charge is -1.95. The topological polar surface area (TPSA) is 111 Å². The van der Waals surface area contributed by atoms with Crippen molar-refractivity contribution in [2.75, 3.05) is 26.2 Å². The first-order chi connectivity index (χ1) is 5.68. The Morgan fingerprint density at radius 2 is 1.75 bits per heavy atom. The van der Waals surface area contributed by atoms with Gasteiger partial charge in [-0.3, -0.25) is 0 Å². The predicted octanol–water partition coefficient (Wildman–Crippen LogP) is -1.48. The summed E-state index contributed by atoms with van der Waals surface area (Å²) < 4.78 is 0. The molecule has 0 rings (SSSR count). The zero-order valence-corrected chi connectivity index (χ0v) is 7.25. The highest BCUT2D eigenvalue weighted by molar-refractivity contribution is 5.64. The number of hydrogen-bond acceptors (Lipinski definition) is 6. The molecule has 0 radical (unpaired) electrons. The molecule has 6 heteroatoms. The lowest BCUT2D eigenvalue weighted by atomic mass is 10.6. The molecule has 0 saturated heterocycles. The quantitative estimate of drug-likeness (QED) is 0.238. The average molecular weight is 179 g/mol. The minimum absolute atomic E-state index is 0.690. The molecule has 0 atom stereocenters. The maximum Gasteiger partial charge on any atom is 0.339 e. The van der Waals surface area contributed by atoms with Crippen LogP contribution in [0.5, 0.6) is 0 Å². The molecule has 0 fully saturated rings. The summed E-state index contributed by atoms with van der Waals surface area (Å²) in [5, 5.41) is 10.3. The molecule has 0 aliphatic heterocycles. The number of nitrogens with one attached hydrogen (secondary N) is 1. The first-order valence-electron chi connectivity index (χ1n) is 3.61. The standard InChI is InChI=1S/C4H13N3.C2H4O3/c5-1-3-7-4-2-6;1-2(3)5-4/h7H,1-6H2;4H,1H3. The Kier molecular flexibility index (Phi) is 15.0. The van der Waals surface area contributed by atoms with Crippen LogP contribution in [0.25, 0.3) is 0 Å². The fraction of sp³-hybridized carbons (Fsp3) is 0.833. The van der Waals surface area contributed by atoms with Gasteiger partial charge in [-0.1, -0.05) is 0 Å². The Bertz CT molecular complexity index is 96.0. The van der Waals surface area contributed by atoms with E-state index in [2.05, 4.69) is 10.2 Å². The first-order valence-corrected chi connectivity index (χ1v) is 3.61. The third-order valence-electron chi connectivity index (χ3n) is 0.771. The highest BCUT2D eigenvalue weighted by Gasteiger charge is 1.79. The molecule has 0 amide bonds. The van der Waals surface area contributed by atoms with Gasteiger partial charge in [-0.25, -0.2) is 4.79 Å². The van der Waals surface area contributed by atoms with Gasteiger partial charge in [0.1, 0.15) is 0 Å². The predicted molar refractivity (Wildman–Crippen MR) is 45.4 cm³/mol. The summed E-state index contributed by atoms with van der Waals surface area (Å²) in [6.07, 6.45) is 0. The van der Waals surface area contributed by atoms with Crippen LogP contribution in [0.15, 0.2) is 0 Å². The summed E-state index contributed by atoms with van der Waals surface area (Å²) in [5.41, 5.74) is 10.3. The second kappa shape index (κ2) is 12.9. The van der Waals surface area contributed by atoms with Crippen LogP contribution in [0.2, 0.25) is 0 Å². The lowest BCUT2D eigenvalue weighted by Crippen LogP contribution is -2.27. The van der Waals surface area contributed by atoms with Crippen LogP contribution < -0.4 is 16.8 Å². The molecule has 0 spiro atoms. The number of nitrogens with two attached hydrogens (primary N) is 2. The highest BCUT2D eigenvalue weighted by Crippen LogP contribution is 1.59. The van der Waals surface area contributed by atoms with Crippen LogP contribution in [0.4, 0.5) is 0 Å². The number of hydrogen-bond donors (Lipinski definition) is 4. The second-order valence-corrected chi connectivity index (χ2v) is 1.91. The van der Waals surface area contributed by atoms with Crippen molar-refractivity contribution in [3.05, 3.63) is 0 Å². The lowest BCUT2D eigenvalue weighted by molar-refractivity contribution is -0.231. The van der Waals surface area contributed by atoms with Gasteiger partial charge >= 0.3 is 5.97 Å². The SMILES string of the molecule is CC(=O)OO.NCCNCCN. The van der Waals surface area contributed by atoms with Crippen LogP contribution in [-0.4, -0.2) is 37.4 Å². The van der Waals surface area contributed by atoms with E-state index in [1.807, 2.05) is 0 Å². The normalized spacial score (nSPS) is 8.33. The van der Waals surface area contributed by atoms with E-state index in [4.69, 9.17) is 16.7 Å². The molecule has 0 aliphatic rings. The molecule has 0 aliphatic carbocycles. The summed E-state index contributed by atoms with van der Waals surface area (Å²) in [6.45, 7) is 4.24. The molecule has 0 bridgehead atoms. The van der Waals surface area contributed by atoms with Gasteiger partial charge in [0.05, 0.1) is 0 Å². The molecule has 6 N–H and O–H groups in total. The molecule has 0 heterocycles. The number of carbonyl (C=O) groups excluding carboxylic acids is 1. The molecule has 12 heavy (non-hydrogen) atoms. The molecule has 0 aromatic heterocycles. The van der Waals surface area contributed by atoms with Gasteiger partial charge in [0, 0.05) is 33.1 Å². The van der Waals surface area contributed by atoms with Crippen LogP contribution in [0, 0.1) is 0 Å². The van der Waals surface area contributed by atoms with Crippen LogP contribution in [0.3, 0.4) is 0 Å². The summed E-state index contributed by atoms with van der Waals surface area (Å²) in [7, 11) is 0. The van der Waals surface area contributed by atoms with Crippen molar-refractivity contribution >= 4 is 5.97 Å². The minimum atomic E-state index is -0.690. The van der Waals surface area contributed by atoms with Crippen LogP contribution in [0.1, 0.15) is 6.92 Å². The monoisotopic (exact) mass is 179 g/mol. The van der Waals surface area contributed by atoms with Gasteiger partial charge in [0.25, 0.3) is 0 Å². The summed E-state index contributed by atoms with van der Waals surface area (Å²) in [5.74, 6) is -0.690. The largest absolute Gasteiger partial charge is 0.339 e. The molecule has 0 aromatic carbocycles. The zero-order valence-electron chi connectivity index (χ0n) is 7.25. The van der Waals surface area contributed by atoms with Crippen molar-refractivity contribution in [3.8, 4) is 0 Å². The number of rotatable bonds is 4. The molecule has 0 saturated carbocycles. The van der Waals surface area contributed by atoms with Crippen molar-refractivity contribution in [2.45, 2.75) is 6.92 Å². The summed E-state index contributed by atoms with van der Waals surface area (Å²) in [4.78, 5) is 12.5. The Balaban J connectivity index is 0. The maximum atomic E-state index is 9.34. The molecular formula is C6H17N3O3. The Labute approximate surface area is 71.8 Å². The van der Waals surface area contributed by atoms with E-state index in [1.165, 1.54) is 0 Å². The van der Waals surface area contributed by atoms with Crippen molar-refractivity contribution in [2.24, 2.45) is 11.5 Å².